The van der Waals surface area contributed by atoms with Crippen molar-refractivity contribution in [3.63, 3.8) is 0 Å². The van der Waals surface area contributed by atoms with Crippen LogP contribution in [0.2, 0.25) is 0 Å². The molecule has 1 saturated heterocycles. The van der Waals surface area contributed by atoms with Gasteiger partial charge >= 0.3 is 6.09 Å². The molecule has 1 aliphatic heterocycles. The molecule has 1 N–H and O–H groups in total. The van der Waals surface area contributed by atoms with E-state index in [1.807, 2.05) is 41.5 Å². The third kappa shape index (κ3) is 3.72. The predicted molar refractivity (Wildman–Crippen MR) is 104 cm³/mol. The van der Waals surface area contributed by atoms with Crippen molar-refractivity contribution in [2.24, 2.45) is 0 Å². The second-order valence-corrected chi connectivity index (χ2v) is 8.84. The normalized spacial score (nSPS) is 22.1. The summed E-state index contributed by atoms with van der Waals surface area (Å²) in [5.41, 5.74) is 1.01. The lowest BCUT2D eigenvalue weighted by atomic mass is 10.00. The van der Waals surface area contributed by atoms with Crippen LogP contribution in [0.3, 0.4) is 0 Å². The Kier molecular flexibility index (Phi) is 4.58. The number of hydrogen-bond acceptors (Lipinski definition) is 4. The van der Waals surface area contributed by atoms with Gasteiger partial charge in [-0.3, -0.25) is 4.90 Å². The number of nitrogens with one attached hydrogen (secondary N) is 1. The molecule has 1 aromatic heterocycles. The van der Waals surface area contributed by atoms with Gasteiger partial charge in [-0.15, -0.1) is 0 Å². The van der Waals surface area contributed by atoms with E-state index >= 15 is 0 Å². The highest BCUT2D eigenvalue weighted by Crippen LogP contribution is 2.42. The molecule has 6 nitrogen and oxygen atoms in total. The maximum atomic E-state index is 13.0. The number of nitrogens with zero attached hydrogens (tertiary/aromatic N) is 2. The van der Waals surface area contributed by atoms with Crippen LogP contribution in [-0.2, 0) is 15.0 Å². The monoisotopic (exact) mass is 371 g/mol. The second-order valence-electron chi connectivity index (χ2n) is 8.84. The SMILES string of the molecule is Cc1ccc(-c2cnc(C3(C)COC(C)(C)N3C(=O)OC(C)(C)C)[nH]2)cc1. The quantitative estimate of drug-likeness (QED) is 0.837. The smallest absolute Gasteiger partial charge is 0.413 e. The molecule has 0 spiro atoms. The first kappa shape index (κ1) is 19.4. The number of H-pyrrole nitrogens is 1. The fourth-order valence-electron chi connectivity index (χ4n) is 3.42. The van der Waals surface area contributed by atoms with Crippen LogP contribution in [0, 0.1) is 6.92 Å². The summed E-state index contributed by atoms with van der Waals surface area (Å²) in [4.78, 5) is 22.6. The van der Waals surface area contributed by atoms with Gasteiger partial charge < -0.3 is 14.5 Å². The highest BCUT2D eigenvalue weighted by molar-refractivity contribution is 5.71. The molecule has 1 fully saturated rings. The van der Waals surface area contributed by atoms with Gasteiger partial charge in [-0.25, -0.2) is 9.78 Å². The van der Waals surface area contributed by atoms with Crippen molar-refractivity contribution in [1.29, 1.82) is 0 Å². The number of carbonyl (C=O) groups is 1. The van der Waals surface area contributed by atoms with Crippen LogP contribution < -0.4 is 0 Å². The van der Waals surface area contributed by atoms with Crippen molar-refractivity contribution < 1.29 is 14.3 Å². The number of imidazole rings is 1. The zero-order valence-corrected chi connectivity index (χ0v) is 17.2. The highest BCUT2D eigenvalue weighted by atomic mass is 16.6. The Morgan fingerprint density at radius 1 is 1.22 bits per heavy atom. The average molecular weight is 371 g/mol. The van der Waals surface area contributed by atoms with Gasteiger partial charge in [0.1, 0.15) is 22.7 Å². The van der Waals surface area contributed by atoms with Crippen LogP contribution in [0.5, 0.6) is 0 Å². The Bertz CT molecular complexity index is 833. The minimum absolute atomic E-state index is 0.333. The number of rotatable bonds is 2. The summed E-state index contributed by atoms with van der Waals surface area (Å²) >= 11 is 0. The van der Waals surface area contributed by atoms with Crippen molar-refractivity contribution in [2.75, 3.05) is 6.61 Å². The van der Waals surface area contributed by atoms with Crippen LogP contribution in [0.25, 0.3) is 11.3 Å². The van der Waals surface area contributed by atoms with Crippen LogP contribution in [0.1, 0.15) is 52.9 Å². The number of hydrogen-bond donors (Lipinski definition) is 1. The van der Waals surface area contributed by atoms with E-state index in [1.54, 1.807) is 11.1 Å². The van der Waals surface area contributed by atoms with Crippen LogP contribution >= 0.6 is 0 Å². The summed E-state index contributed by atoms with van der Waals surface area (Å²) in [5, 5.41) is 0. The zero-order valence-electron chi connectivity index (χ0n) is 17.2. The largest absolute Gasteiger partial charge is 0.444 e. The van der Waals surface area contributed by atoms with Crippen molar-refractivity contribution in [2.45, 2.75) is 65.3 Å². The molecule has 1 atom stereocenters. The molecule has 1 aromatic carbocycles. The minimum Gasteiger partial charge on any atom is -0.444 e. The fraction of sp³-hybridized carbons (Fsp3) is 0.524. The lowest BCUT2D eigenvalue weighted by Gasteiger charge is -2.39. The maximum Gasteiger partial charge on any atom is 0.413 e. The molecule has 3 rings (SSSR count). The number of aryl methyl sites for hydroxylation is 1. The lowest BCUT2D eigenvalue weighted by Crippen LogP contribution is -2.54. The molecule has 0 radical (unpaired) electrons. The van der Waals surface area contributed by atoms with Crippen molar-refractivity contribution >= 4 is 6.09 Å². The van der Waals surface area contributed by atoms with E-state index < -0.39 is 23.0 Å². The first-order valence-corrected chi connectivity index (χ1v) is 9.22. The van der Waals surface area contributed by atoms with E-state index in [4.69, 9.17) is 9.47 Å². The molecule has 146 valence electrons. The molecular weight excluding hydrogens is 342 g/mol. The molecule has 0 aliphatic carbocycles. The number of aromatic amines is 1. The molecular formula is C21H29N3O3. The first-order chi connectivity index (χ1) is 12.4. The van der Waals surface area contributed by atoms with Crippen LogP contribution in [0.15, 0.2) is 30.5 Å². The van der Waals surface area contributed by atoms with Gasteiger partial charge in [0.25, 0.3) is 0 Å². The van der Waals surface area contributed by atoms with E-state index in [0.717, 1.165) is 11.3 Å². The van der Waals surface area contributed by atoms with Crippen molar-refractivity contribution in [3.8, 4) is 11.3 Å². The summed E-state index contributed by atoms with van der Waals surface area (Å²) in [6.45, 7) is 13.6. The second kappa shape index (κ2) is 6.37. The Labute approximate surface area is 160 Å². The Morgan fingerprint density at radius 3 is 2.44 bits per heavy atom. The fourth-order valence-corrected chi connectivity index (χ4v) is 3.42. The minimum atomic E-state index is -0.798. The summed E-state index contributed by atoms with van der Waals surface area (Å²) in [7, 11) is 0. The molecule has 0 bridgehead atoms. The maximum absolute atomic E-state index is 13.0. The van der Waals surface area contributed by atoms with Crippen LogP contribution in [0.4, 0.5) is 4.79 Å². The standard InChI is InChI=1S/C21H29N3O3/c1-14-8-10-15(11-9-14)16-12-22-17(23-16)21(7)13-26-20(5,6)24(21)18(25)27-19(2,3)4/h8-12H,13H2,1-7H3,(H,22,23). The number of aromatic nitrogens is 2. The molecule has 2 aromatic rings. The molecule has 1 aliphatic rings. The van der Waals surface area contributed by atoms with Crippen molar-refractivity contribution in [3.05, 3.63) is 41.9 Å². The Balaban J connectivity index is 1.96. The van der Waals surface area contributed by atoms with Gasteiger partial charge in [-0.05, 0) is 54.0 Å². The van der Waals surface area contributed by atoms with E-state index in [9.17, 15) is 4.79 Å². The summed E-state index contributed by atoms with van der Waals surface area (Å²) in [6.07, 6.45) is 1.38. The van der Waals surface area contributed by atoms with Crippen molar-refractivity contribution in [1.82, 2.24) is 14.9 Å². The highest BCUT2D eigenvalue weighted by Gasteiger charge is 2.55. The van der Waals surface area contributed by atoms with E-state index in [0.29, 0.717) is 12.4 Å². The number of carbonyl (C=O) groups excluding carboxylic acids is 1. The summed E-state index contributed by atoms with van der Waals surface area (Å²) in [5.74, 6) is 0.675. The molecule has 6 heteroatoms. The van der Waals surface area contributed by atoms with Gasteiger partial charge in [0.2, 0.25) is 0 Å². The molecule has 2 heterocycles. The van der Waals surface area contributed by atoms with Gasteiger partial charge in [0.05, 0.1) is 18.5 Å². The lowest BCUT2D eigenvalue weighted by molar-refractivity contribution is -0.0690. The third-order valence-electron chi connectivity index (χ3n) is 4.76. The molecule has 27 heavy (non-hydrogen) atoms. The predicted octanol–water partition coefficient (Wildman–Crippen LogP) is 4.60. The molecule has 1 unspecified atom stereocenters. The number of ether oxygens (including phenoxy) is 2. The van der Waals surface area contributed by atoms with E-state index in [1.165, 1.54) is 5.56 Å². The Morgan fingerprint density at radius 2 is 1.85 bits per heavy atom. The van der Waals surface area contributed by atoms with Gasteiger partial charge in [-0.1, -0.05) is 29.8 Å². The summed E-state index contributed by atoms with van der Waals surface area (Å²) < 4.78 is 11.6. The topological polar surface area (TPSA) is 67.4 Å². The number of benzene rings is 1. The van der Waals surface area contributed by atoms with E-state index in [-0.39, 0.29) is 0 Å². The average Bonchev–Trinajstić information content (AvgIpc) is 3.10. The molecule has 0 saturated carbocycles. The van der Waals surface area contributed by atoms with Gasteiger partial charge in [0, 0.05) is 0 Å². The Hall–Kier alpha value is -2.34. The zero-order chi connectivity index (χ0) is 20.0. The van der Waals surface area contributed by atoms with Gasteiger partial charge in [0.15, 0.2) is 0 Å². The van der Waals surface area contributed by atoms with Gasteiger partial charge in [-0.2, -0.15) is 0 Å². The number of amides is 1. The van der Waals surface area contributed by atoms with E-state index in [2.05, 4.69) is 41.2 Å². The van der Waals surface area contributed by atoms with Crippen LogP contribution in [-0.4, -0.2) is 38.9 Å². The first-order valence-electron chi connectivity index (χ1n) is 9.22. The molecule has 1 amide bonds. The summed E-state index contributed by atoms with van der Waals surface area (Å²) in [6, 6.07) is 8.23. The third-order valence-corrected chi connectivity index (χ3v) is 4.76.